The van der Waals surface area contributed by atoms with Crippen molar-refractivity contribution in [1.82, 2.24) is 4.31 Å². The van der Waals surface area contributed by atoms with Gasteiger partial charge in [-0.05, 0) is 12.3 Å². The number of hydrogen-bond acceptors (Lipinski definition) is 2. The zero-order chi connectivity index (χ0) is 9.28. The molecule has 1 aliphatic heterocycles. The highest BCUT2D eigenvalue weighted by Gasteiger charge is 2.14. The molecule has 0 aliphatic carbocycles. The van der Waals surface area contributed by atoms with Crippen LogP contribution >= 0.6 is 12.8 Å². The largest absolute Gasteiger partial charge is 0.253 e. The molecule has 0 saturated carbocycles. The zero-order valence-electron chi connectivity index (χ0n) is 8.59. The van der Waals surface area contributed by atoms with E-state index in [1.54, 1.807) is 0 Å². The fourth-order valence-corrected chi connectivity index (χ4v) is 1.31. The van der Waals surface area contributed by atoms with Crippen molar-refractivity contribution in [2.24, 2.45) is 5.92 Å². The van der Waals surface area contributed by atoms with E-state index in [0.29, 0.717) is 0 Å². The fourth-order valence-electron chi connectivity index (χ4n) is 0.912. The highest BCUT2D eigenvalue weighted by Crippen LogP contribution is 2.15. The molecule has 1 atom stereocenters. The van der Waals surface area contributed by atoms with Gasteiger partial charge in [-0.25, -0.2) is 0 Å². The second-order valence-corrected chi connectivity index (χ2v) is 2.87. The van der Waals surface area contributed by atoms with Crippen molar-refractivity contribution in [2.75, 3.05) is 13.1 Å². The summed E-state index contributed by atoms with van der Waals surface area (Å²) < 4.78 is 2.07. The summed E-state index contributed by atoms with van der Waals surface area (Å²) in [4.78, 5) is 0. The highest BCUT2D eigenvalue weighted by molar-refractivity contribution is 7.77. The van der Waals surface area contributed by atoms with Crippen LogP contribution in [0.25, 0.3) is 0 Å². The standard InChI is InChI=1S/C5H11NS.2C2H6/c1-5-2-3-6(7)4-5;2*1-2/h5,7H,2-4H2,1H3;2*1-2H3. The molecule has 1 unspecified atom stereocenters. The predicted molar refractivity (Wildman–Crippen MR) is 57.0 cm³/mol. The molecular weight excluding hydrogens is 154 g/mol. The summed E-state index contributed by atoms with van der Waals surface area (Å²) in [5.74, 6) is 0.873. The van der Waals surface area contributed by atoms with Gasteiger partial charge in [0.2, 0.25) is 0 Å². The number of hydrogen-bond donors (Lipinski definition) is 1. The van der Waals surface area contributed by atoms with Crippen LogP contribution in [-0.2, 0) is 0 Å². The Morgan fingerprint density at radius 1 is 1.18 bits per heavy atom. The Morgan fingerprint density at radius 2 is 1.64 bits per heavy atom. The Morgan fingerprint density at radius 3 is 1.73 bits per heavy atom. The van der Waals surface area contributed by atoms with Crippen molar-refractivity contribution < 1.29 is 0 Å². The van der Waals surface area contributed by atoms with Gasteiger partial charge in [0.25, 0.3) is 0 Å². The van der Waals surface area contributed by atoms with Crippen LogP contribution in [0.2, 0.25) is 0 Å². The average Bonchev–Trinajstić information content (AvgIpc) is 2.43. The molecule has 11 heavy (non-hydrogen) atoms. The second kappa shape index (κ2) is 10.3. The first kappa shape index (κ1) is 13.9. The molecule has 1 fully saturated rings. The SMILES string of the molecule is CC.CC.CC1CCN(S)C1. The minimum atomic E-state index is 0.873. The van der Waals surface area contributed by atoms with Crippen molar-refractivity contribution in [3.8, 4) is 0 Å². The van der Waals surface area contributed by atoms with Gasteiger partial charge in [0.1, 0.15) is 0 Å². The smallest absolute Gasteiger partial charge is 0.0113 e. The van der Waals surface area contributed by atoms with E-state index in [1.807, 2.05) is 27.7 Å². The highest BCUT2D eigenvalue weighted by atomic mass is 32.1. The van der Waals surface area contributed by atoms with E-state index in [0.717, 1.165) is 5.92 Å². The van der Waals surface area contributed by atoms with Crippen LogP contribution < -0.4 is 0 Å². The molecule has 1 nitrogen and oxygen atoms in total. The van der Waals surface area contributed by atoms with Gasteiger partial charge >= 0.3 is 0 Å². The van der Waals surface area contributed by atoms with Gasteiger partial charge < -0.3 is 0 Å². The van der Waals surface area contributed by atoms with Crippen molar-refractivity contribution in [1.29, 1.82) is 0 Å². The van der Waals surface area contributed by atoms with Gasteiger partial charge in [0.15, 0.2) is 0 Å². The zero-order valence-corrected chi connectivity index (χ0v) is 9.49. The molecule has 1 heterocycles. The van der Waals surface area contributed by atoms with Crippen molar-refractivity contribution >= 4 is 12.8 Å². The summed E-state index contributed by atoms with van der Waals surface area (Å²) in [5.41, 5.74) is 0. The first-order chi connectivity index (χ1) is 5.29. The summed E-state index contributed by atoms with van der Waals surface area (Å²) in [6, 6.07) is 0. The van der Waals surface area contributed by atoms with Crippen LogP contribution in [0.3, 0.4) is 0 Å². The van der Waals surface area contributed by atoms with E-state index >= 15 is 0 Å². The van der Waals surface area contributed by atoms with Crippen molar-refractivity contribution in [3.05, 3.63) is 0 Å². The van der Waals surface area contributed by atoms with Crippen molar-refractivity contribution in [2.45, 2.75) is 41.0 Å². The Balaban J connectivity index is 0. The minimum absolute atomic E-state index is 0.873. The molecule has 1 aliphatic rings. The summed E-state index contributed by atoms with van der Waals surface area (Å²) >= 11 is 4.19. The normalized spacial score (nSPS) is 22.9. The molecule has 0 spiro atoms. The Labute approximate surface area is 77.7 Å². The van der Waals surface area contributed by atoms with Gasteiger partial charge in [-0.1, -0.05) is 47.4 Å². The third-order valence-electron chi connectivity index (χ3n) is 1.40. The van der Waals surface area contributed by atoms with E-state index in [2.05, 4.69) is 24.0 Å². The molecule has 0 radical (unpaired) electrons. The average molecular weight is 177 g/mol. The van der Waals surface area contributed by atoms with Gasteiger partial charge in [-0.2, -0.15) is 0 Å². The Kier molecular flexibility index (Phi) is 13.0. The number of thiol groups is 1. The lowest BCUT2D eigenvalue weighted by molar-refractivity contribution is 0.555. The predicted octanol–water partition coefficient (Wildman–Crippen LogP) is 3.23. The molecule has 0 bridgehead atoms. The molecule has 0 aromatic carbocycles. The topological polar surface area (TPSA) is 3.24 Å². The second-order valence-electron chi connectivity index (χ2n) is 2.31. The van der Waals surface area contributed by atoms with E-state index in [9.17, 15) is 0 Å². The Hall–Kier alpha value is 0.310. The van der Waals surface area contributed by atoms with E-state index in [-0.39, 0.29) is 0 Å². The van der Waals surface area contributed by atoms with Gasteiger partial charge in [0.05, 0.1) is 0 Å². The molecule has 0 aromatic rings. The van der Waals surface area contributed by atoms with Gasteiger partial charge in [0, 0.05) is 13.1 Å². The first-order valence-electron chi connectivity index (χ1n) is 4.73. The van der Waals surface area contributed by atoms with E-state index in [1.165, 1.54) is 19.5 Å². The third-order valence-corrected chi connectivity index (χ3v) is 1.77. The lowest BCUT2D eigenvalue weighted by Gasteiger charge is -2.01. The molecule has 0 amide bonds. The molecule has 2 heteroatoms. The maximum atomic E-state index is 4.19. The maximum absolute atomic E-state index is 4.19. The first-order valence-corrected chi connectivity index (χ1v) is 5.13. The molecular formula is C9H23NS. The van der Waals surface area contributed by atoms with Crippen molar-refractivity contribution in [3.63, 3.8) is 0 Å². The Bertz CT molecular complexity index is 58.6. The van der Waals surface area contributed by atoms with Crippen LogP contribution in [0.5, 0.6) is 0 Å². The maximum Gasteiger partial charge on any atom is 0.0113 e. The van der Waals surface area contributed by atoms with Crippen LogP contribution in [0.15, 0.2) is 0 Å². The lowest BCUT2D eigenvalue weighted by Crippen LogP contribution is -2.05. The van der Waals surface area contributed by atoms with Crippen LogP contribution in [0.4, 0.5) is 0 Å². The summed E-state index contributed by atoms with van der Waals surface area (Å²) in [5, 5.41) is 0. The molecule has 0 aromatic heterocycles. The third kappa shape index (κ3) is 8.21. The number of rotatable bonds is 0. The lowest BCUT2D eigenvalue weighted by atomic mass is 10.2. The van der Waals surface area contributed by atoms with Crippen LogP contribution in [0, 0.1) is 5.92 Å². The van der Waals surface area contributed by atoms with Gasteiger partial charge in [-0.15, -0.1) is 0 Å². The summed E-state index contributed by atoms with van der Waals surface area (Å²) in [6.07, 6.45) is 1.32. The van der Waals surface area contributed by atoms with E-state index in [4.69, 9.17) is 0 Å². The monoisotopic (exact) mass is 177 g/mol. The van der Waals surface area contributed by atoms with Crippen LogP contribution in [-0.4, -0.2) is 17.4 Å². The summed E-state index contributed by atoms with van der Waals surface area (Å²) in [6.45, 7) is 12.6. The number of nitrogens with zero attached hydrogens (tertiary/aromatic N) is 1. The summed E-state index contributed by atoms with van der Waals surface area (Å²) in [7, 11) is 0. The molecule has 0 N–H and O–H groups in total. The quantitative estimate of drug-likeness (QED) is 0.556. The molecule has 1 saturated heterocycles. The molecule has 1 rings (SSSR count). The fraction of sp³-hybridized carbons (Fsp3) is 1.00. The van der Waals surface area contributed by atoms with Gasteiger partial charge in [-0.3, -0.25) is 4.31 Å². The van der Waals surface area contributed by atoms with Crippen LogP contribution in [0.1, 0.15) is 41.0 Å². The van der Waals surface area contributed by atoms with E-state index < -0.39 is 0 Å². The molecule has 70 valence electrons. The minimum Gasteiger partial charge on any atom is -0.253 e.